The zero-order valence-corrected chi connectivity index (χ0v) is 47.5. The minimum atomic E-state index is -1.65. The fourth-order valence-electron chi connectivity index (χ4n) is 8.29. The van der Waals surface area contributed by atoms with Gasteiger partial charge in [-0.2, -0.15) is 5.10 Å². The van der Waals surface area contributed by atoms with E-state index < -0.39 is 134 Å². The van der Waals surface area contributed by atoms with Crippen molar-refractivity contribution in [3.63, 3.8) is 0 Å². The Balaban J connectivity index is 2.07. The molecule has 0 aliphatic heterocycles. The number of carboxylic acids is 4. The summed E-state index contributed by atoms with van der Waals surface area (Å²) in [5.74, 6) is -13.2. The van der Waals surface area contributed by atoms with E-state index in [4.69, 9.17) is 34.9 Å². The number of aryl methyl sites for hydroxylation is 4. The average Bonchev–Trinajstić information content (AvgIpc) is 4.33. The second-order valence-corrected chi connectivity index (χ2v) is 19.7. The van der Waals surface area contributed by atoms with Crippen LogP contribution in [0.4, 0.5) is 0 Å². The minimum absolute atomic E-state index is 0.0102. The molecule has 2 heterocycles. The molecule has 85 heavy (non-hydrogen) atoms. The van der Waals surface area contributed by atoms with E-state index in [1.165, 1.54) is 0 Å². The number of hydrogen-bond donors (Lipinski definition) is 10. The van der Waals surface area contributed by atoms with Gasteiger partial charge in [0.05, 0.1) is 69.0 Å². The highest BCUT2D eigenvalue weighted by Gasteiger charge is 2.33. The summed E-state index contributed by atoms with van der Waals surface area (Å²) in [6, 6.07) is -4.39. The zero-order valence-electron chi connectivity index (χ0n) is 47.5. The van der Waals surface area contributed by atoms with Gasteiger partial charge in [0, 0.05) is 83.6 Å². The Labute approximate surface area is 489 Å². The summed E-state index contributed by atoms with van der Waals surface area (Å²) in [7, 11) is 0. The van der Waals surface area contributed by atoms with Crippen LogP contribution < -0.4 is 32.3 Å². The monoisotopic (exact) mass is 1210 g/mol. The minimum Gasteiger partial charge on any atom is -0.481 e. The number of nitrogens with zero attached hydrogens (tertiary/aromatic N) is 5. The smallest absolute Gasteiger partial charge is 0.305 e. The molecule has 0 saturated carbocycles. The molecule has 2 aromatic rings. The van der Waals surface area contributed by atoms with E-state index in [0.717, 1.165) is 5.56 Å². The molecule has 0 aliphatic rings. The van der Waals surface area contributed by atoms with Gasteiger partial charge in [0.2, 0.25) is 29.5 Å². The first-order valence-electron chi connectivity index (χ1n) is 28.0. The highest BCUT2D eigenvalue weighted by molar-refractivity contribution is 5.97. The highest BCUT2D eigenvalue weighted by Crippen LogP contribution is 2.16. The van der Waals surface area contributed by atoms with E-state index in [0.29, 0.717) is 83.3 Å². The van der Waals surface area contributed by atoms with Crippen LogP contribution in [0.3, 0.4) is 0 Å². The first kappa shape index (κ1) is 72.8. The summed E-state index contributed by atoms with van der Waals surface area (Å²) in [6.07, 6.45) is 5.11. The second kappa shape index (κ2) is 43.4. The molecule has 5 amide bonds. The Kier molecular flexibility index (Phi) is 37.2. The summed E-state index contributed by atoms with van der Waals surface area (Å²) in [5, 5.41) is 61.9. The molecule has 5 atom stereocenters. The second-order valence-electron chi connectivity index (χ2n) is 19.7. The average molecular weight is 1210 g/mol. The van der Waals surface area contributed by atoms with Crippen molar-refractivity contribution in [1.82, 2.24) is 51.4 Å². The summed E-state index contributed by atoms with van der Waals surface area (Å²) in [6.45, 7) is 0.684. The zero-order chi connectivity index (χ0) is 62.8. The molecular weight excluding hydrogens is 1130 g/mol. The topological polar surface area (TPSA) is 474 Å². The number of nitrogens with two attached hydrogens (primary N) is 1. The van der Waals surface area contributed by atoms with Gasteiger partial charge in [-0.3, -0.25) is 71.7 Å². The van der Waals surface area contributed by atoms with Crippen molar-refractivity contribution in [2.45, 2.75) is 153 Å². The quantitative estimate of drug-likeness (QED) is 0.0270. The van der Waals surface area contributed by atoms with Crippen LogP contribution in [0.5, 0.6) is 0 Å². The van der Waals surface area contributed by atoms with Gasteiger partial charge < -0.3 is 71.7 Å². The lowest BCUT2D eigenvalue weighted by Gasteiger charge is -2.23. The number of amides is 5. The van der Waals surface area contributed by atoms with Crippen LogP contribution in [0.1, 0.15) is 120 Å². The number of nitrogens with one attached hydrogen (secondary N) is 5. The molecule has 2 rings (SSSR count). The molecular formula is C53H81N11O21. The van der Waals surface area contributed by atoms with Crippen molar-refractivity contribution >= 4 is 77.9 Å². The molecule has 0 fully saturated rings. The van der Waals surface area contributed by atoms with Crippen LogP contribution in [-0.4, -0.2) is 201 Å². The SMILES string of the molecule is NCCOCCOCCNC(=O)[C@H](CCCCNC(=O)[C@H](COC=O)CC(=O)[C@H](COC=O)NC(=O)CCCCn1cc(CCCC(=O)O)nn1)NC(=O)[C@H](CC(=O)O)CC(=O)[C@H](CC(=O)O)NC(=O)CCCCn1cc(CCCC(=O)O)cn1. The van der Waals surface area contributed by atoms with Gasteiger partial charge in [-0.05, 0) is 76.2 Å². The standard InChI is InChI=1S/C53H81N11O21/c54-16-21-82-23-24-83-22-18-56-53(81)40(60-52(80)37(27-49(75)76)25-43(67)41(28-50(77)78)58-45(69)12-2-5-19-63-30-36(29-57-63)9-7-14-47(71)72)11-1-4-17-55-51(79)38(32-84-34-65)26-44(68)42(33-85-35-66)59-46(70)13-3-6-20-64-31-39(61-62-64)10-8-15-48(73)74/h29-31,34-35,37-38,40-42H,1-28,32-33,54H2,(H,55,79)(H,56,81)(H,58,69)(H,59,70)(H,60,80)(H,71,72)(H,73,74)(H,75,76)(H,77,78)/t37-,38-,40-,41-,42-/m0/s1. The molecule has 0 aliphatic carbocycles. The molecule has 2 aromatic heterocycles. The van der Waals surface area contributed by atoms with Gasteiger partial charge >= 0.3 is 23.9 Å². The lowest BCUT2D eigenvalue weighted by atomic mass is 9.92. The number of ether oxygens (including phenoxy) is 4. The van der Waals surface area contributed by atoms with Crippen molar-refractivity contribution in [2.75, 3.05) is 59.3 Å². The van der Waals surface area contributed by atoms with Crippen LogP contribution in [0, 0.1) is 11.8 Å². The van der Waals surface area contributed by atoms with E-state index in [2.05, 4.69) is 42.0 Å². The van der Waals surface area contributed by atoms with Gasteiger partial charge in [-0.15, -0.1) is 5.10 Å². The third-order valence-corrected chi connectivity index (χ3v) is 12.6. The first-order chi connectivity index (χ1) is 40.7. The maximum atomic E-state index is 13.8. The highest BCUT2D eigenvalue weighted by atomic mass is 16.5. The van der Waals surface area contributed by atoms with Gasteiger partial charge in [-0.1, -0.05) is 5.21 Å². The maximum Gasteiger partial charge on any atom is 0.305 e. The lowest BCUT2D eigenvalue weighted by Crippen LogP contribution is -2.50. The first-order valence-corrected chi connectivity index (χ1v) is 28.0. The number of carbonyl (C=O) groups excluding carboxylic acids is 9. The van der Waals surface area contributed by atoms with Crippen LogP contribution >= 0.6 is 0 Å². The number of aromatic nitrogens is 5. The van der Waals surface area contributed by atoms with Crippen LogP contribution in [0.2, 0.25) is 0 Å². The fourth-order valence-corrected chi connectivity index (χ4v) is 8.29. The molecule has 474 valence electrons. The molecule has 0 saturated heterocycles. The van der Waals surface area contributed by atoms with Gasteiger partial charge in [0.1, 0.15) is 25.3 Å². The van der Waals surface area contributed by atoms with Gasteiger partial charge in [0.15, 0.2) is 11.6 Å². The maximum absolute atomic E-state index is 13.8. The van der Waals surface area contributed by atoms with Gasteiger partial charge in [0.25, 0.3) is 12.9 Å². The number of aliphatic carboxylic acids is 4. The Morgan fingerprint density at radius 1 is 0.541 bits per heavy atom. The summed E-state index contributed by atoms with van der Waals surface area (Å²) >= 11 is 0. The van der Waals surface area contributed by atoms with E-state index in [-0.39, 0.29) is 90.8 Å². The molecule has 32 nitrogen and oxygen atoms in total. The largest absolute Gasteiger partial charge is 0.481 e. The molecule has 0 unspecified atom stereocenters. The Hall–Kier alpha value is -8.26. The van der Waals surface area contributed by atoms with Gasteiger partial charge in [-0.25, -0.2) is 0 Å². The predicted octanol–water partition coefficient (Wildman–Crippen LogP) is -1.37. The number of ketones is 2. The predicted molar refractivity (Wildman–Crippen MR) is 292 cm³/mol. The van der Waals surface area contributed by atoms with E-state index >= 15 is 0 Å². The number of hydrogen-bond acceptors (Lipinski definition) is 21. The fraction of sp³-hybridized carbons (Fsp3) is 0.660. The normalized spacial score (nSPS) is 12.7. The Morgan fingerprint density at radius 2 is 1.13 bits per heavy atom. The van der Waals surface area contributed by atoms with Crippen LogP contribution in [-0.2, 0) is 107 Å². The third kappa shape index (κ3) is 34.2. The molecule has 0 radical (unpaired) electrons. The van der Waals surface area contributed by atoms with E-state index in [1.54, 1.807) is 28.0 Å². The van der Waals surface area contributed by atoms with E-state index in [9.17, 15) is 72.5 Å². The lowest BCUT2D eigenvalue weighted by molar-refractivity contribution is -0.144. The Bertz CT molecular complexity index is 2450. The third-order valence-electron chi connectivity index (χ3n) is 12.6. The number of carbonyl (C=O) groups is 13. The Morgan fingerprint density at radius 3 is 1.76 bits per heavy atom. The number of carboxylic acid groups (broad SMARTS) is 4. The number of rotatable bonds is 53. The molecule has 0 spiro atoms. The number of Topliss-reactive ketones (excluding diaryl/α,β-unsaturated/α-hetero) is 2. The molecule has 11 N–H and O–H groups in total. The summed E-state index contributed by atoms with van der Waals surface area (Å²) < 4.78 is 23.5. The molecule has 32 heteroatoms. The van der Waals surface area contributed by atoms with Crippen molar-refractivity contribution in [2.24, 2.45) is 17.6 Å². The van der Waals surface area contributed by atoms with Crippen molar-refractivity contribution in [1.29, 1.82) is 0 Å². The van der Waals surface area contributed by atoms with E-state index in [1.807, 2.05) is 0 Å². The van der Waals surface area contributed by atoms with Crippen molar-refractivity contribution in [3.8, 4) is 0 Å². The van der Waals surface area contributed by atoms with Crippen LogP contribution in [0.25, 0.3) is 0 Å². The number of unbranched alkanes of at least 4 members (excludes halogenated alkanes) is 3. The van der Waals surface area contributed by atoms with Crippen molar-refractivity contribution < 1.29 is 102 Å². The summed E-state index contributed by atoms with van der Waals surface area (Å²) in [4.78, 5) is 161. The molecule has 0 bridgehead atoms. The summed E-state index contributed by atoms with van der Waals surface area (Å²) in [5.41, 5.74) is 6.86. The van der Waals surface area contributed by atoms with Crippen LogP contribution in [0.15, 0.2) is 18.6 Å². The molecule has 0 aromatic carbocycles. The van der Waals surface area contributed by atoms with Crippen molar-refractivity contribution in [3.05, 3.63) is 29.8 Å².